The molecule has 2 atom stereocenters. The summed E-state index contributed by atoms with van der Waals surface area (Å²) in [6, 6.07) is 5.78. The first-order valence-electron chi connectivity index (χ1n) is 7.19. The molecule has 21 heavy (non-hydrogen) atoms. The summed E-state index contributed by atoms with van der Waals surface area (Å²) in [4.78, 5) is 23.5. The van der Waals surface area contributed by atoms with Crippen LogP contribution in [0, 0.1) is 19.8 Å². The molecule has 5 nitrogen and oxygen atoms in total. The highest BCUT2D eigenvalue weighted by Crippen LogP contribution is 2.24. The van der Waals surface area contributed by atoms with Gasteiger partial charge in [0, 0.05) is 18.7 Å². The molecule has 2 N–H and O–H groups in total. The zero-order valence-corrected chi connectivity index (χ0v) is 12.4. The summed E-state index contributed by atoms with van der Waals surface area (Å²) < 4.78 is 5.41. The summed E-state index contributed by atoms with van der Waals surface area (Å²) in [5.41, 5.74) is 2.74. The van der Waals surface area contributed by atoms with E-state index in [0.29, 0.717) is 13.0 Å². The van der Waals surface area contributed by atoms with Gasteiger partial charge in [-0.3, -0.25) is 9.59 Å². The lowest BCUT2D eigenvalue weighted by molar-refractivity contribution is -0.148. The van der Waals surface area contributed by atoms with Crippen LogP contribution in [0.3, 0.4) is 0 Å². The fraction of sp³-hybridized carbons (Fsp3) is 0.500. The monoisotopic (exact) mass is 291 g/mol. The van der Waals surface area contributed by atoms with Gasteiger partial charge in [0.1, 0.15) is 0 Å². The van der Waals surface area contributed by atoms with Crippen molar-refractivity contribution >= 4 is 17.6 Å². The fourth-order valence-corrected chi connectivity index (χ4v) is 2.57. The number of amides is 1. The number of nitrogens with one attached hydrogen (secondary N) is 1. The molecule has 114 valence electrons. The first-order chi connectivity index (χ1) is 9.97. The Bertz CT molecular complexity index is 535. The van der Waals surface area contributed by atoms with Gasteiger partial charge in [-0.2, -0.15) is 0 Å². The van der Waals surface area contributed by atoms with E-state index in [1.165, 1.54) is 0 Å². The van der Waals surface area contributed by atoms with Crippen molar-refractivity contribution in [2.24, 2.45) is 5.92 Å². The molecule has 1 aromatic rings. The lowest BCUT2D eigenvalue weighted by atomic mass is 9.96. The first-order valence-corrected chi connectivity index (χ1v) is 7.19. The van der Waals surface area contributed by atoms with E-state index in [9.17, 15) is 14.7 Å². The van der Waals surface area contributed by atoms with Crippen LogP contribution in [0.4, 0.5) is 5.69 Å². The molecule has 1 fully saturated rings. The van der Waals surface area contributed by atoms with E-state index in [0.717, 1.165) is 23.2 Å². The number of anilines is 1. The Morgan fingerprint density at radius 3 is 2.81 bits per heavy atom. The summed E-state index contributed by atoms with van der Waals surface area (Å²) >= 11 is 0. The molecule has 0 spiro atoms. The predicted molar refractivity (Wildman–Crippen MR) is 79.3 cm³/mol. The molecular formula is C16H21NO4. The molecule has 5 heteroatoms. The summed E-state index contributed by atoms with van der Waals surface area (Å²) in [5.74, 6) is -2.04. The quantitative estimate of drug-likeness (QED) is 0.874. The van der Waals surface area contributed by atoms with Gasteiger partial charge in [-0.1, -0.05) is 12.1 Å². The second-order valence-electron chi connectivity index (χ2n) is 5.57. The van der Waals surface area contributed by atoms with Gasteiger partial charge in [0.15, 0.2) is 0 Å². The Balaban J connectivity index is 2.02. The highest BCUT2D eigenvalue weighted by Gasteiger charge is 2.33. The van der Waals surface area contributed by atoms with Crippen molar-refractivity contribution in [2.45, 2.75) is 39.2 Å². The third-order valence-corrected chi connectivity index (χ3v) is 3.80. The smallest absolute Gasteiger partial charge is 0.309 e. The van der Waals surface area contributed by atoms with Crippen LogP contribution in [0.1, 0.15) is 30.4 Å². The van der Waals surface area contributed by atoms with Crippen molar-refractivity contribution in [2.75, 3.05) is 11.9 Å². The van der Waals surface area contributed by atoms with Crippen LogP contribution in [-0.4, -0.2) is 29.7 Å². The molecule has 0 aromatic heterocycles. The molecular weight excluding hydrogens is 270 g/mol. The van der Waals surface area contributed by atoms with Crippen molar-refractivity contribution in [3.63, 3.8) is 0 Å². The third-order valence-electron chi connectivity index (χ3n) is 3.80. The minimum absolute atomic E-state index is 0.0621. The SMILES string of the molecule is Cc1ccc(C)c(NC(=O)C[C@@H](C(=O)O)[C@H]2CCCO2)c1. The number of ether oxygens (including phenoxy) is 1. The van der Waals surface area contributed by atoms with Gasteiger partial charge in [0.25, 0.3) is 0 Å². The van der Waals surface area contributed by atoms with Gasteiger partial charge in [0.2, 0.25) is 5.91 Å². The summed E-state index contributed by atoms with van der Waals surface area (Å²) in [6.07, 6.45) is 1.14. The largest absolute Gasteiger partial charge is 0.481 e. The fourth-order valence-electron chi connectivity index (χ4n) is 2.57. The molecule has 0 aliphatic carbocycles. The van der Waals surface area contributed by atoms with Gasteiger partial charge in [-0.15, -0.1) is 0 Å². The Labute approximate surface area is 124 Å². The maximum absolute atomic E-state index is 12.1. The number of aryl methyl sites for hydroxylation is 2. The van der Waals surface area contributed by atoms with Gasteiger partial charge in [-0.05, 0) is 43.9 Å². The number of carbonyl (C=O) groups is 2. The van der Waals surface area contributed by atoms with Gasteiger partial charge >= 0.3 is 5.97 Å². The van der Waals surface area contributed by atoms with Crippen LogP contribution < -0.4 is 5.32 Å². The van der Waals surface area contributed by atoms with E-state index in [2.05, 4.69) is 5.32 Å². The van der Waals surface area contributed by atoms with Crippen molar-refractivity contribution in [3.05, 3.63) is 29.3 Å². The molecule has 0 saturated carbocycles. The molecule has 1 aliphatic heterocycles. The van der Waals surface area contributed by atoms with E-state index in [4.69, 9.17) is 4.74 Å². The minimum Gasteiger partial charge on any atom is -0.481 e. The van der Waals surface area contributed by atoms with E-state index in [1.807, 2.05) is 32.0 Å². The van der Waals surface area contributed by atoms with Crippen molar-refractivity contribution < 1.29 is 19.4 Å². The molecule has 0 radical (unpaired) electrons. The van der Waals surface area contributed by atoms with Crippen LogP contribution in [0.25, 0.3) is 0 Å². The van der Waals surface area contributed by atoms with Crippen LogP contribution >= 0.6 is 0 Å². The number of hydrogen-bond donors (Lipinski definition) is 2. The topological polar surface area (TPSA) is 75.6 Å². The van der Waals surface area contributed by atoms with Crippen LogP contribution in [-0.2, 0) is 14.3 Å². The lowest BCUT2D eigenvalue weighted by Crippen LogP contribution is -2.31. The van der Waals surface area contributed by atoms with Crippen molar-refractivity contribution in [3.8, 4) is 0 Å². The number of carboxylic acids is 1. The summed E-state index contributed by atoms with van der Waals surface area (Å²) in [7, 11) is 0. The second-order valence-corrected chi connectivity index (χ2v) is 5.57. The maximum Gasteiger partial charge on any atom is 0.309 e. The van der Waals surface area contributed by atoms with E-state index in [1.54, 1.807) is 0 Å². The number of carbonyl (C=O) groups excluding carboxylic acids is 1. The molecule has 1 heterocycles. The number of carboxylic acid groups (broad SMARTS) is 1. The molecule has 0 unspecified atom stereocenters. The molecule has 1 saturated heterocycles. The number of hydrogen-bond acceptors (Lipinski definition) is 3. The predicted octanol–water partition coefficient (Wildman–Crippen LogP) is 2.51. The van der Waals surface area contributed by atoms with E-state index < -0.39 is 11.9 Å². The molecule has 2 rings (SSSR count). The third kappa shape index (κ3) is 4.04. The minimum atomic E-state index is -0.974. The van der Waals surface area contributed by atoms with Gasteiger partial charge in [0.05, 0.1) is 12.0 Å². The van der Waals surface area contributed by atoms with Crippen molar-refractivity contribution in [1.82, 2.24) is 0 Å². The zero-order chi connectivity index (χ0) is 15.4. The second kappa shape index (κ2) is 6.72. The average Bonchev–Trinajstić information content (AvgIpc) is 2.93. The van der Waals surface area contributed by atoms with E-state index in [-0.39, 0.29) is 18.4 Å². The standard InChI is InChI=1S/C16H21NO4/c1-10-5-6-11(2)13(8-10)17-15(18)9-12(16(19)20)14-4-3-7-21-14/h5-6,8,12,14H,3-4,7,9H2,1-2H3,(H,17,18)(H,19,20)/t12-,14-/m1/s1. The molecule has 1 aromatic carbocycles. The molecule has 1 amide bonds. The van der Waals surface area contributed by atoms with Crippen LogP contribution in [0.5, 0.6) is 0 Å². The Hall–Kier alpha value is -1.88. The van der Waals surface area contributed by atoms with Crippen LogP contribution in [0.15, 0.2) is 18.2 Å². The summed E-state index contributed by atoms with van der Waals surface area (Å²) in [6.45, 7) is 4.43. The highest BCUT2D eigenvalue weighted by molar-refractivity contribution is 5.94. The average molecular weight is 291 g/mol. The first kappa shape index (κ1) is 15.5. The van der Waals surface area contributed by atoms with Gasteiger partial charge in [-0.25, -0.2) is 0 Å². The summed E-state index contributed by atoms with van der Waals surface area (Å²) in [5, 5.41) is 12.1. The number of rotatable bonds is 5. The Morgan fingerprint density at radius 2 is 2.19 bits per heavy atom. The maximum atomic E-state index is 12.1. The number of benzene rings is 1. The normalized spacial score (nSPS) is 19.2. The Kier molecular flexibility index (Phi) is 4.96. The number of aliphatic carboxylic acids is 1. The zero-order valence-electron chi connectivity index (χ0n) is 12.4. The molecule has 0 bridgehead atoms. The van der Waals surface area contributed by atoms with Gasteiger partial charge < -0.3 is 15.2 Å². The van der Waals surface area contributed by atoms with Crippen molar-refractivity contribution in [1.29, 1.82) is 0 Å². The lowest BCUT2D eigenvalue weighted by Gasteiger charge is -2.18. The van der Waals surface area contributed by atoms with Crippen LogP contribution in [0.2, 0.25) is 0 Å². The molecule has 1 aliphatic rings. The Morgan fingerprint density at radius 1 is 1.43 bits per heavy atom. The van der Waals surface area contributed by atoms with E-state index >= 15 is 0 Å². The highest BCUT2D eigenvalue weighted by atomic mass is 16.5.